The average molecular weight is 428 g/mol. The second-order valence-corrected chi connectivity index (χ2v) is 7.59. The van der Waals surface area contributed by atoms with Crippen LogP contribution in [-0.4, -0.2) is 33.0 Å². The minimum atomic E-state index is -0.556. The van der Waals surface area contributed by atoms with Crippen LogP contribution in [0.15, 0.2) is 42.5 Å². The first kappa shape index (κ1) is 19.1. The fourth-order valence-electron chi connectivity index (χ4n) is 2.72. The van der Waals surface area contributed by atoms with Crippen molar-refractivity contribution < 1.29 is 14.3 Å². The van der Waals surface area contributed by atoms with Crippen LogP contribution < -0.4 is 10.1 Å². The van der Waals surface area contributed by atoms with Gasteiger partial charge in [-0.2, -0.15) is 5.10 Å². The molecule has 8 nitrogen and oxygen atoms in total. The van der Waals surface area contributed by atoms with Gasteiger partial charge >= 0.3 is 6.09 Å². The van der Waals surface area contributed by atoms with E-state index in [2.05, 4.69) is 25.2 Å². The number of carbonyl (C=O) groups is 1. The normalized spacial score (nSPS) is 10.8. The molecule has 0 aliphatic rings. The molecule has 1 amide bonds. The number of thiazole rings is 1. The van der Waals surface area contributed by atoms with Crippen LogP contribution in [0.1, 0.15) is 11.4 Å². The lowest BCUT2D eigenvalue weighted by Gasteiger charge is -2.09. The molecule has 0 radical (unpaired) electrons. The predicted octanol–water partition coefficient (Wildman–Crippen LogP) is 4.61. The molecule has 4 rings (SSSR count). The molecule has 2 heterocycles. The van der Waals surface area contributed by atoms with E-state index in [4.69, 9.17) is 17.0 Å². The Morgan fingerprint density at radius 3 is 2.83 bits per heavy atom. The van der Waals surface area contributed by atoms with Gasteiger partial charge in [0, 0.05) is 5.69 Å². The molecule has 0 aliphatic carbocycles. The van der Waals surface area contributed by atoms with Gasteiger partial charge in [-0.05, 0) is 49.5 Å². The van der Waals surface area contributed by atoms with Crippen LogP contribution in [0.3, 0.4) is 0 Å². The fourth-order valence-corrected chi connectivity index (χ4v) is 3.86. The van der Waals surface area contributed by atoms with Crippen LogP contribution in [0.4, 0.5) is 9.93 Å². The maximum absolute atomic E-state index is 11.3. The number of carbonyl (C=O) groups excluding carboxylic acids is 1. The molecule has 148 valence electrons. The Labute approximate surface area is 175 Å². The Morgan fingerprint density at radius 1 is 1.28 bits per heavy atom. The molecule has 0 spiro atoms. The van der Waals surface area contributed by atoms with E-state index in [9.17, 15) is 4.79 Å². The summed E-state index contributed by atoms with van der Waals surface area (Å²) in [5, 5.41) is 10.1. The summed E-state index contributed by atoms with van der Waals surface area (Å²) in [5.74, 6) is 1.33. The summed E-state index contributed by atoms with van der Waals surface area (Å²) in [6, 6.07) is 13.5. The van der Waals surface area contributed by atoms with Gasteiger partial charge in [0.25, 0.3) is 0 Å². The molecule has 10 heteroatoms. The zero-order chi connectivity index (χ0) is 20.4. The van der Waals surface area contributed by atoms with Gasteiger partial charge in [0.15, 0.2) is 15.7 Å². The molecule has 2 N–H and O–H groups in total. The predicted molar refractivity (Wildman–Crippen MR) is 113 cm³/mol. The van der Waals surface area contributed by atoms with E-state index in [0.717, 1.165) is 15.9 Å². The van der Waals surface area contributed by atoms with Crippen molar-refractivity contribution in [1.29, 1.82) is 0 Å². The quantitative estimate of drug-likeness (QED) is 0.452. The number of aryl methyl sites for hydroxylation is 1. The van der Waals surface area contributed by atoms with Gasteiger partial charge in [0.2, 0.25) is 0 Å². The molecule has 0 fully saturated rings. The minimum Gasteiger partial charge on any atom is -0.486 e. The summed E-state index contributed by atoms with van der Waals surface area (Å²) in [7, 11) is 1.31. The molecule has 4 aromatic rings. The summed E-state index contributed by atoms with van der Waals surface area (Å²) in [5.41, 5.74) is 2.85. The number of benzene rings is 2. The number of fused-ring (bicyclic) bond motifs is 1. The highest BCUT2D eigenvalue weighted by Crippen LogP contribution is 2.29. The number of methoxy groups -OCH3 is 1. The van der Waals surface area contributed by atoms with E-state index in [1.165, 1.54) is 24.0 Å². The van der Waals surface area contributed by atoms with Crippen molar-refractivity contribution in [2.75, 3.05) is 12.4 Å². The van der Waals surface area contributed by atoms with Crippen LogP contribution >= 0.6 is 23.6 Å². The number of nitrogens with zero attached hydrogens (tertiary/aromatic N) is 3. The number of aromatic amines is 1. The smallest absolute Gasteiger partial charge is 0.413 e. The fraction of sp³-hybridized carbons (Fsp3) is 0.158. The molecule has 2 aromatic heterocycles. The lowest BCUT2D eigenvalue weighted by Crippen LogP contribution is -2.10. The van der Waals surface area contributed by atoms with Crippen molar-refractivity contribution in [2.24, 2.45) is 0 Å². The number of ether oxygens (including phenoxy) is 2. The SMILES string of the molecule is COC(=O)Nc1nc2ccc(OCc3n[nH]c(=S)n3-c3ccc(C)cc3)cc2s1. The summed E-state index contributed by atoms with van der Waals surface area (Å²) in [4.78, 5) is 15.7. The van der Waals surface area contributed by atoms with Crippen LogP contribution in [0.5, 0.6) is 5.75 Å². The number of rotatable bonds is 5. The van der Waals surface area contributed by atoms with Gasteiger partial charge in [0.1, 0.15) is 12.4 Å². The van der Waals surface area contributed by atoms with Crippen LogP contribution in [0.25, 0.3) is 15.9 Å². The van der Waals surface area contributed by atoms with Crippen molar-refractivity contribution >= 4 is 45.0 Å². The highest BCUT2D eigenvalue weighted by Gasteiger charge is 2.11. The lowest BCUT2D eigenvalue weighted by atomic mass is 10.2. The number of nitrogens with one attached hydrogen (secondary N) is 2. The van der Waals surface area contributed by atoms with Gasteiger partial charge in [-0.1, -0.05) is 29.0 Å². The number of anilines is 1. The second-order valence-electron chi connectivity index (χ2n) is 6.17. The topological polar surface area (TPSA) is 94.1 Å². The van der Waals surface area contributed by atoms with E-state index >= 15 is 0 Å². The van der Waals surface area contributed by atoms with Crippen LogP contribution in [-0.2, 0) is 11.3 Å². The van der Waals surface area contributed by atoms with Crippen LogP contribution in [0, 0.1) is 11.7 Å². The van der Waals surface area contributed by atoms with E-state index in [1.54, 1.807) is 0 Å². The summed E-state index contributed by atoms with van der Waals surface area (Å²) >= 11 is 6.70. The van der Waals surface area contributed by atoms with Gasteiger partial charge < -0.3 is 9.47 Å². The molecule has 2 aromatic carbocycles. The number of amides is 1. The molecular weight excluding hydrogens is 410 g/mol. The van der Waals surface area contributed by atoms with Crippen LogP contribution in [0.2, 0.25) is 0 Å². The number of H-pyrrole nitrogens is 1. The summed E-state index contributed by atoms with van der Waals surface area (Å²) in [6.45, 7) is 2.27. The number of hydrogen-bond donors (Lipinski definition) is 2. The Kier molecular flexibility index (Phi) is 5.28. The Balaban J connectivity index is 1.53. The van der Waals surface area contributed by atoms with Gasteiger partial charge in [-0.25, -0.2) is 9.78 Å². The van der Waals surface area contributed by atoms with E-state index in [1.807, 2.05) is 54.0 Å². The average Bonchev–Trinajstić information content (AvgIpc) is 3.29. The van der Waals surface area contributed by atoms with Crippen molar-refractivity contribution in [3.63, 3.8) is 0 Å². The molecule has 0 atom stereocenters. The van der Waals surface area contributed by atoms with E-state index in [-0.39, 0.29) is 6.61 Å². The van der Waals surface area contributed by atoms with Gasteiger partial charge in [-0.3, -0.25) is 15.0 Å². The molecule has 0 saturated carbocycles. The molecular formula is C19H17N5O3S2. The molecule has 0 aliphatic heterocycles. The zero-order valence-electron chi connectivity index (χ0n) is 15.6. The van der Waals surface area contributed by atoms with Gasteiger partial charge in [0.05, 0.1) is 17.3 Å². The maximum atomic E-state index is 11.3. The minimum absolute atomic E-state index is 0.235. The molecule has 0 saturated heterocycles. The zero-order valence-corrected chi connectivity index (χ0v) is 17.3. The first-order chi connectivity index (χ1) is 14.0. The molecule has 0 unspecified atom stereocenters. The van der Waals surface area contributed by atoms with Crippen molar-refractivity contribution in [3.05, 3.63) is 58.6 Å². The Bertz CT molecular complexity index is 1230. The van der Waals surface area contributed by atoms with E-state index < -0.39 is 6.09 Å². The summed E-state index contributed by atoms with van der Waals surface area (Å²) in [6.07, 6.45) is -0.556. The summed E-state index contributed by atoms with van der Waals surface area (Å²) < 4.78 is 13.7. The molecule has 0 bridgehead atoms. The monoisotopic (exact) mass is 427 g/mol. The Morgan fingerprint density at radius 2 is 2.07 bits per heavy atom. The third kappa shape index (κ3) is 4.13. The Hall–Kier alpha value is -3.24. The maximum Gasteiger partial charge on any atom is 0.413 e. The van der Waals surface area contributed by atoms with Gasteiger partial charge in [-0.15, -0.1) is 0 Å². The first-order valence-corrected chi connectivity index (χ1v) is 9.87. The second kappa shape index (κ2) is 8.02. The standard InChI is InChI=1S/C19H17N5O3S2/c1-11-3-5-12(6-4-11)24-16(22-23-18(24)28)10-27-13-7-8-14-15(9-13)29-17(20-14)21-19(25)26-2/h3-9H,10H2,1-2H3,(H,23,28)(H,20,21,25). The largest absolute Gasteiger partial charge is 0.486 e. The first-order valence-electron chi connectivity index (χ1n) is 8.65. The third-order valence-electron chi connectivity index (χ3n) is 4.16. The highest BCUT2D eigenvalue weighted by atomic mass is 32.1. The lowest BCUT2D eigenvalue weighted by molar-refractivity contribution is 0.187. The van der Waals surface area contributed by atoms with Crippen molar-refractivity contribution in [3.8, 4) is 11.4 Å². The number of aromatic nitrogens is 4. The molecule has 29 heavy (non-hydrogen) atoms. The van der Waals surface area contributed by atoms with Crippen molar-refractivity contribution in [2.45, 2.75) is 13.5 Å². The number of hydrogen-bond acceptors (Lipinski definition) is 7. The third-order valence-corrected chi connectivity index (χ3v) is 5.36. The van der Waals surface area contributed by atoms with E-state index in [0.29, 0.717) is 21.5 Å². The van der Waals surface area contributed by atoms with Crippen molar-refractivity contribution in [1.82, 2.24) is 19.7 Å². The highest BCUT2D eigenvalue weighted by molar-refractivity contribution is 7.71.